The van der Waals surface area contributed by atoms with E-state index in [0.29, 0.717) is 5.69 Å². The number of nitrogens with two attached hydrogens (primary N) is 1. The second-order valence-corrected chi connectivity index (χ2v) is 6.05. The molecule has 19 heavy (non-hydrogen) atoms. The largest absolute Gasteiger partial charge is 0.309 e. The molecular formula is C11H12N4O3S. The predicted molar refractivity (Wildman–Crippen MR) is 67.4 cm³/mol. The fraction of sp³-hybridized carbons (Fsp3) is 0.364. The molecule has 1 saturated heterocycles. The van der Waals surface area contributed by atoms with E-state index in [1.807, 2.05) is 6.07 Å². The standard InChI is InChI=1S/C11H12N4O3S/c12-5-9-10(2-1-3-14-9)15-6-8(4-11(15)16)7-19(13,17)18/h1-3,8H,4,6-7H2,(H2,13,17,18). The molecule has 2 N–H and O–H groups in total. The van der Waals surface area contributed by atoms with Gasteiger partial charge < -0.3 is 4.90 Å². The van der Waals surface area contributed by atoms with Crippen LogP contribution < -0.4 is 10.0 Å². The summed E-state index contributed by atoms with van der Waals surface area (Å²) in [5, 5.41) is 13.9. The first-order valence-electron chi connectivity index (χ1n) is 5.56. The molecule has 100 valence electrons. The van der Waals surface area contributed by atoms with E-state index >= 15 is 0 Å². The SMILES string of the molecule is N#Cc1ncccc1N1CC(CS(N)(=O)=O)CC1=O. The molecule has 1 unspecified atom stereocenters. The number of amides is 1. The highest BCUT2D eigenvalue weighted by Gasteiger charge is 2.33. The number of hydrogen-bond acceptors (Lipinski definition) is 5. The number of pyridine rings is 1. The van der Waals surface area contributed by atoms with E-state index in [1.165, 1.54) is 11.1 Å². The van der Waals surface area contributed by atoms with E-state index < -0.39 is 10.0 Å². The number of nitriles is 1. The van der Waals surface area contributed by atoms with Crippen LogP contribution in [-0.2, 0) is 14.8 Å². The minimum Gasteiger partial charge on any atom is -0.309 e. The molecule has 2 rings (SSSR count). The third-order valence-electron chi connectivity index (χ3n) is 2.86. The fourth-order valence-corrected chi connectivity index (χ4v) is 3.04. The Kier molecular flexibility index (Phi) is 3.50. The molecule has 1 aromatic rings. The third-order valence-corrected chi connectivity index (χ3v) is 3.79. The van der Waals surface area contributed by atoms with E-state index in [4.69, 9.17) is 10.4 Å². The van der Waals surface area contributed by atoms with Crippen LogP contribution in [0.25, 0.3) is 0 Å². The molecule has 1 aliphatic heterocycles. The normalized spacial score (nSPS) is 19.5. The highest BCUT2D eigenvalue weighted by molar-refractivity contribution is 7.89. The summed E-state index contributed by atoms with van der Waals surface area (Å²) in [6, 6.07) is 5.14. The van der Waals surface area contributed by atoms with Gasteiger partial charge in [0.25, 0.3) is 0 Å². The lowest BCUT2D eigenvalue weighted by atomic mass is 10.1. The molecule has 0 radical (unpaired) electrons. The molecule has 8 heteroatoms. The van der Waals surface area contributed by atoms with Gasteiger partial charge >= 0.3 is 0 Å². The molecule has 1 aromatic heterocycles. The van der Waals surface area contributed by atoms with Crippen LogP contribution in [0.3, 0.4) is 0 Å². The Morgan fingerprint density at radius 2 is 2.32 bits per heavy atom. The maximum Gasteiger partial charge on any atom is 0.227 e. The van der Waals surface area contributed by atoms with Crippen LogP contribution in [0.15, 0.2) is 18.3 Å². The van der Waals surface area contributed by atoms with E-state index in [2.05, 4.69) is 4.98 Å². The van der Waals surface area contributed by atoms with Crippen molar-refractivity contribution in [3.63, 3.8) is 0 Å². The molecule has 1 amide bonds. The number of carbonyl (C=O) groups is 1. The van der Waals surface area contributed by atoms with Crippen molar-refractivity contribution in [2.75, 3.05) is 17.2 Å². The summed E-state index contributed by atoms with van der Waals surface area (Å²) >= 11 is 0. The van der Waals surface area contributed by atoms with Crippen LogP contribution >= 0.6 is 0 Å². The number of nitrogens with zero attached hydrogens (tertiary/aromatic N) is 3. The molecule has 7 nitrogen and oxygen atoms in total. The van der Waals surface area contributed by atoms with Gasteiger partial charge in [-0.3, -0.25) is 4.79 Å². The zero-order valence-electron chi connectivity index (χ0n) is 9.98. The van der Waals surface area contributed by atoms with Crippen molar-refractivity contribution < 1.29 is 13.2 Å². The maximum absolute atomic E-state index is 11.9. The van der Waals surface area contributed by atoms with Gasteiger partial charge in [-0.05, 0) is 12.1 Å². The van der Waals surface area contributed by atoms with E-state index in [1.54, 1.807) is 12.1 Å². The minimum atomic E-state index is -3.61. The van der Waals surface area contributed by atoms with Crippen molar-refractivity contribution in [3.05, 3.63) is 24.0 Å². The summed E-state index contributed by atoms with van der Waals surface area (Å²) in [4.78, 5) is 17.2. The van der Waals surface area contributed by atoms with Gasteiger partial charge in [-0.15, -0.1) is 0 Å². The van der Waals surface area contributed by atoms with Gasteiger partial charge in [-0.2, -0.15) is 5.26 Å². The Morgan fingerprint density at radius 1 is 1.58 bits per heavy atom. The highest BCUT2D eigenvalue weighted by atomic mass is 32.2. The molecule has 1 aliphatic rings. The monoisotopic (exact) mass is 280 g/mol. The Bertz CT molecular complexity index is 650. The molecule has 2 heterocycles. The molecule has 0 aromatic carbocycles. The molecule has 1 atom stereocenters. The zero-order chi connectivity index (χ0) is 14.0. The third kappa shape index (κ3) is 3.07. The van der Waals surface area contributed by atoms with Crippen LogP contribution in [0.5, 0.6) is 0 Å². The van der Waals surface area contributed by atoms with Crippen molar-refractivity contribution in [1.82, 2.24) is 4.98 Å². The number of sulfonamides is 1. The van der Waals surface area contributed by atoms with Crippen LogP contribution in [0.4, 0.5) is 5.69 Å². The number of primary sulfonamides is 1. The Hall–Kier alpha value is -1.98. The number of hydrogen-bond donors (Lipinski definition) is 1. The van der Waals surface area contributed by atoms with Gasteiger partial charge in [0.2, 0.25) is 15.9 Å². The first-order valence-corrected chi connectivity index (χ1v) is 7.28. The summed E-state index contributed by atoms with van der Waals surface area (Å²) in [6.07, 6.45) is 1.57. The first-order chi connectivity index (χ1) is 8.90. The first kappa shape index (κ1) is 13.5. The topological polar surface area (TPSA) is 117 Å². The summed E-state index contributed by atoms with van der Waals surface area (Å²) < 4.78 is 22.1. The van der Waals surface area contributed by atoms with Crippen LogP contribution in [0.1, 0.15) is 12.1 Å². The van der Waals surface area contributed by atoms with E-state index in [9.17, 15) is 13.2 Å². The van der Waals surface area contributed by atoms with Crippen LogP contribution in [0.2, 0.25) is 0 Å². The molecule has 0 saturated carbocycles. The number of carbonyl (C=O) groups excluding carboxylic acids is 1. The quantitative estimate of drug-likeness (QED) is 0.808. The minimum absolute atomic E-state index is 0.107. The van der Waals surface area contributed by atoms with Crippen molar-refractivity contribution in [1.29, 1.82) is 5.26 Å². The van der Waals surface area contributed by atoms with Gasteiger partial charge in [-0.1, -0.05) is 0 Å². The van der Waals surface area contributed by atoms with Crippen molar-refractivity contribution in [2.24, 2.45) is 11.1 Å². The summed E-state index contributed by atoms with van der Waals surface area (Å²) in [7, 11) is -3.61. The van der Waals surface area contributed by atoms with Gasteiger partial charge in [0, 0.05) is 25.1 Å². The zero-order valence-corrected chi connectivity index (χ0v) is 10.8. The lowest BCUT2D eigenvalue weighted by Gasteiger charge is -2.17. The second-order valence-electron chi connectivity index (χ2n) is 4.39. The fourth-order valence-electron chi connectivity index (χ4n) is 2.16. The van der Waals surface area contributed by atoms with Gasteiger partial charge in [0.1, 0.15) is 6.07 Å². The van der Waals surface area contributed by atoms with Crippen molar-refractivity contribution in [3.8, 4) is 6.07 Å². The van der Waals surface area contributed by atoms with Crippen LogP contribution in [-0.4, -0.2) is 31.6 Å². The van der Waals surface area contributed by atoms with E-state index in [-0.39, 0.29) is 36.2 Å². The number of aromatic nitrogens is 1. The lowest BCUT2D eigenvalue weighted by molar-refractivity contribution is -0.117. The lowest BCUT2D eigenvalue weighted by Crippen LogP contribution is -2.28. The average molecular weight is 280 g/mol. The molecule has 0 spiro atoms. The second kappa shape index (κ2) is 4.95. The van der Waals surface area contributed by atoms with Crippen molar-refractivity contribution >= 4 is 21.6 Å². The predicted octanol–water partition coefficient (Wildman–Crippen LogP) is -0.405. The maximum atomic E-state index is 11.9. The van der Waals surface area contributed by atoms with Gasteiger partial charge in [0.05, 0.1) is 11.4 Å². The number of rotatable bonds is 3. The Balaban J connectivity index is 2.24. The Morgan fingerprint density at radius 3 is 2.95 bits per heavy atom. The Labute approximate surface area is 110 Å². The molecular weight excluding hydrogens is 268 g/mol. The molecule has 0 aliphatic carbocycles. The smallest absolute Gasteiger partial charge is 0.227 e. The van der Waals surface area contributed by atoms with Crippen molar-refractivity contribution in [2.45, 2.75) is 6.42 Å². The van der Waals surface area contributed by atoms with Gasteiger partial charge in [0.15, 0.2) is 5.69 Å². The van der Waals surface area contributed by atoms with E-state index in [0.717, 1.165) is 0 Å². The number of anilines is 1. The van der Waals surface area contributed by atoms with Gasteiger partial charge in [-0.25, -0.2) is 18.5 Å². The molecule has 0 bridgehead atoms. The highest BCUT2D eigenvalue weighted by Crippen LogP contribution is 2.27. The summed E-state index contributed by atoms with van der Waals surface area (Å²) in [5.41, 5.74) is 0.555. The summed E-state index contributed by atoms with van der Waals surface area (Å²) in [6.45, 7) is 0.232. The van der Waals surface area contributed by atoms with Crippen LogP contribution in [0, 0.1) is 17.2 Å². The summed E-state index contributed by atoms with van der Waals surface area (Å²) in [5.74, 6) is -0.815. The molecule has 1 fully saturated rings. The average Bonchev–Trinajstić information content (AvgIpc) is 2.67.